The number of rotatable bonds is 8. The Balaban J connectivity index is 1.77. The molecule has 3 aromatic carbocycles. The minimum absolute atomic E-state index is 0.0384. The van der Waals surface area contributed by atoms with E-state index in [2.05, 4.69) is 4.72 Å². The lowest BCUT2D eigenvalue weighted by Gasteiger charge is -2.11. The molecule has 0 radical (unpaired) electrons. The Bertz CT molecular complexity index is 1680. The number of nitrogens with one attached hydrogen (secondary N) is 1. The van der Waals surface area contributed by atoms with Gasteiger partial charge in [0.2, 0.25) is 10.0 Å². The zero-order valence-electron chi connectivity index (χ0n) is 18.8. The SMILES string of the molecule is O=C(O)c1ccc(CCNS(=O)(=O)c2cn(S(=O)(=O)c3ccccc3)c3cccc(C(F)(F)F)c23)cc1. The highest BCUT2D eigenvalue weighted by Crippen LogP contribution is 2.39. The number of hydrogen-bond donors (Lipinski definition) is 2. The summed E-state index contributed by atoms with van der Waals surface area (Å²) in [6.45, 7) is -0.235. The molecule has 0 aliphatic heterocycles. The fourth-order valence-corrected chi connectivity index (χ4v) is 6.49. The van der Waals surface area contributed by atoms with Crippen LogP contribution in [0.5, 0.6) is 0 Å². The number of carboxylic acids is 1. The van der Waals surface area contributed by atoms with Gasteiger partial charge >= 0.3 is 12.1 Å². The van der Waals surface area contributed by atoms with E-state index in [1.807, 2.05) is 0 Å². The summed E-state index contributed by atoms with van der Waals surface area (Å²) in [7, 11) is -9.05. The molecule has 2 N–H and O–H groups in total. The Hall–Kier alpha value is -3.68. The molecular weight excluding hydrogens is 533 g/mol. The Morgan fingerprint density at radius 3 is 2.14 bits per heavy atom. The maximum Gasteiger partial charge on any atom is 0.417 e. The number of carboxylic acid groups (broad SMARTS) is 1. The molecule has 0 spiro atoms. The third-order valence-electron chi connectivity index (χ3n) is 5.56. The van der Waals surface area contributed by atoms with Gasteiger partial charge in [0.25, 0.3) is 10.0 Å². The van der Waals surface area contributed by atoms with Crippen molar-refractivity contribution in [3.05, 3.63) is 95.7 Å². The average molecular weight is 553 g/mol. The zero-order valence-corrected chi connectivity index (χ0v) is 20.4. The van der Waals surface area contributed by atoms with Gasteiger partial charge in [0.15, 0.2) is 0 Å². The lowest BCUT2D eigenvalue weighted by Crippen LogP contribution is -2.26. The number of fused-ring (bicyclic) bond motifs is 1. The van der Waals surface area contributed by atoms with E-state index in [4.69, 9.17) is 5.11 Å². The second-order valence-electron chi connectivity index (χ2n) is 7.95. The molecule has 0 atom stereocenters. The van der Waals surface area contributed by atoms with Crippen molar-refractivity contribution in [2.75, 3.05) is 6.54 Å². The van der Waals surface area contributed by atoms with Gasteiger partial charge in [0.1, 0.15) is 4.90 Å². The number of nitrogens with zero attached hydrogens (tertiary/aromatic N) is 1. The molecule has 194 valence electrons. The molecule has 0 saturated heterocycles. The maximum absolute atomic E-state index is 13.9. The van der Waals surface area contributed by atoms with Crippen LogP contribution in [0.15, 0.2) is 88.8 Å². The average Bonchev–Trinajstić information content (AvgIpc) is 3.26. The quantitative estimate of drug-likeness (QED) is 0.339. The summed E-state index contributed by atoms with van der Waals surface area (Å²) in [5.41, 5.74) is -1.12. The summed E-state index contributed by atoms with van der Waals surface area (Å²) in [4.78, 5) is 9.90. The van der Waals surface area contributed by atoms with Crippen molar-refractivity contribution in [3.63, 3.8) is 0 Å². The summed E-state index contributed by atoms with van der Waals surface area (Å²) in [5.74, 6) is -1.13. The van der Waals surface area contributed by atoms with Crippen molar-refractivity contribution >= 4 is 36.9 Å². The lowest BCUT2D eigenvalue weighted by molar-refractivity contribution is -0.136. The van der Waals surface area contributed by atoms with Crippen LogP contribution in [0.3, 0.4) is 0 Å². The molecule has 0 saturated carbocycles. The Morgan fingerprint density at radius 2 is 1.54 bits per heavy atom. The van der Waals surface area contributed by atoms with E-state index in [0.29, 0.717) is 21.8 Å². The standard InChI is InChI=1S/C24H19F3N2O6S2/c25-24(26,27)19-7-4-8-20-22(19)21(15-29(20)37(34,35)18-5-2-1-3-6-18)36(32,33)28-14-13-16-9-11-17(12-10-16)23(30)31/h1-12,15,28H,13-14H2,(H,30,31). The van der Waals surface area contributed by atoms with Crippen LogP contribution >= 0.6 is 0 Å². The van der Waals surface area contributed by atoms with E-state index in [9.17, 15) is 34.8 Å². The van der Waals surface area contributed by atoms with Crippen LogP contribution in [0.4, 0.5) is 13.2 Å². The molecule has 0 aliphatic rings. The van der Waals surface area contributed by atoms with Gasteiger partial charge in [-0.3, -0.25) is 0 Å². The molecule has 8 nitrogen and oxygen atoms in total. The molecular formula is C24H19F3N2O6S2. The molecule has 0 aliphatic carbocycles. The van der Waals surface area contributed by atoms with E-state index in [0.717, 1.165) is 12.1 Å². The van der Waals surface area contributed by atoms with Gasteiger partial charge in [-0.1, -0.05) is 36.4 Å². The zero-order chi connectivity index (χ0) is 27.0. The van der Waals surface area contributed by atoms with E-state index in [1.165, 1.54) is 48.5 Å². The van der Waals surface area contributed by atoms with E-state index >= 15 is 0 Å². The van der Waals surface area contributed by atoms with Crippen LogP contribution in [0.2, 0.25) is 0 Å². The monoisotopic (exact) mass is 552 g/mol. The Kier molecular flexibility index (Phi) is 6.88. The van der Waals surface area contributed by atoms with Crippen molar-refractivity contribution in [3.8, 4) is 0 Å². The van der Waals surface area contributed by atoms with Gasteiger partial charge in [-0.25, -0.2) is 30.3 Å². The number of benzene rings is 3. The van der Waals surface area contributed by atoms with Crippen LogP contribution < -0.4 is 4.72 Å². The Labute approximate surface area is 210 Å². The largest absolute Gasteiger partial charge is 0.478 e. The molecule has 0 fully saturated rings. The molecule has 0 amide bonds. The van der Waals surface area contributed by atoms with E-state index < -0.39 is 53.6 Å². The first-order chi connectivity index (χ1) is 17.3. The van der Waals surface area contributed by atoms with Gasteiger partial charge in [-0.2, -0.15) is 13.2 Å². The summed E-state index contributed by atoms with van der Waals surface area (Å²) >= 11 is 0. The van der Waals surface area contributed by atoms with Crippen LogP contribution in [-0.4, -0.2) is 38.4 Å². The topological polar surface area (TPSA) is 123 Å². The maximum atomic E-state index is 13.9. The minimum Gasteiger partial charge on any atom is -0.478 e. The first kappa shape index (κ1) is 26.4. The summed E-state index contributed by atoms with van der Waals surface area (Å²) in [6, 6.07) is 15.4. The fourth-order valence-electron chi connectivity index (χ4n) is 3.79. The van der Waals surface area contributed by atoms with Crippen LogP contribution in [0.1, 0.15) is 21.5 Å². The van der Waals surface area contributed by atoms with Gasteiger partial charge in [0.05, 0.1) is 21.5 Å². The van der Waals surface area contributed by atoms with E-state index in [1.54, 1.807) is 6.07 Å². The van der Waals surface area contributed by atoms with Crippen molar-refractivity contribution < 1.29 is 39.9 Å². The second kappa shape index (κ2) is 9.65. The van der Waals surface area contributed by atoms with Crippen LogP contribution in [0.25, 0.3) is 10.9 Å². The third kappa shape index (κ3) is 5.24. The molecule has 0 bridgehead atoms. The van der Waals surface area contributed by atoms with Gasteiger partial charge in [0, 0.05) is 18.1 Å². The third-order valence-corrected chi connectivity index (χ3v) is 8.72. The molecule has 4 rings (SSSR count). The second-order valence-corrected chi connectivity index (χ2v) is 11.5. The molecule has 0 unspecified atom stereocenters. The molecule has 4 aromatic rings. The molecule has 13 heteroatoms. The number of alkyl halides is 3. The Morgan fingerprint density at radius 1 is 0.892 bits per heavy atom. The molecule has 1 heterocycles. The van der Waals surface area contributed by atoms with E-state index in [-0.39, 0.29) is 23.4 Å². The summed E-state index contributed by atoms with van der Waals surface area (Å²) in [5, 5.41) is 8.20. The number of hydrogen-bond acceptors (Lipinski definition) is 5. The van der Waals surface area contributed by atoms with Crippen LogP contribution in [0, 0.1) is 0 Å². The first-order valence-corrected chi connectivity index (χ1v) is 13.6. The number of sulfonamides is 1. The van der Waals surface area contributed by atoms with Crippen molar-refractivity contribution in [2.24, 2.45) is 0 Å². The number of aromatic carboxylic acids is 1. The highest BCUT2D eigenvalue weighted by molar-refractivity contribution is 7.91. The van der Waals surface area contributed by atoms with Crippen LogP contribution in [-0.2, 0) is 32.6 Å². The van der Waals surface area contributed by atoms with Crippen molar-refractivity contribution in [1.82, 2.24) is 8.69 Å². The van der Waals surface area contributed by atoms with Crippen molar-refractivity contribution in [1.29, 1.82) is 0 Å². The lowest BCUT2D eigenvalue weighted by atomic mass is 10.1. The van der Waals surface area contributed by atoms with Crippen molar-refractivity contribution in [2.45, 2.75) is 22.4 Å². The summed E-state index contributed by atoms with van der Waals surface area (Å²) < 4.78 is 97.2. The molecule has 37 heavy (non-hydrogen) atoms. The smallest absolute Gasteiger partial charge is 0.417 e. The predicted molar refractivity (Wildman–Crippen MR) is 128 cm³/mol. The van der Waals surface area contributed by atoms with Gasteiger partial charge < -0.3 is 5.11 Å². The first-order valence-electron chi connectivity index (χ1n) is 10.7. The normalized spacial score (nSPS) is 12.6. The molecule has 1 aromatic heterocycles. The van der Waals surface area contributed by atoms with Gasteiger partial charge in [-0.05, 0) is 48.4 Å². The van der Waals surface area contributed by atoms with Gasteiger partial charge in [-0.15, -0.1) is 0 Å². The number of carbonyl (C=O) groups is 1. The summed E-state index contributed by atoms with van der Waals surface area (Å²) in [6.07, 6.45) is -4.18. The highest BCUT2D eigenvalue weighted by Gasteiger charge is 2.37. The fraction of sp³-hybridized carbons (Fsp3) is 0.125. The number of halogens is 3. The highest BCUT2D eigenvalue weighted by atomic mass is 32.2. The number of aromatic nitrogens is 1. The predicted octanol–water partition coefficient (Wildman–Crippen LogP) is 4.12. The minimum atomic E-state index is -4.96.